The molecule has 0 bridgehead atoms. The minimum Gasteiger partial charge on any atom is -0.345 e. The highest BCUT2D eigenvalue weighted by molar-refractivity contribution is 5.78. The van der Waals surface area contributed by atoms with Crippen LogP contribution in [0.4, 0.5) is 4.39 Å². The number of aromatic nitrogens is 3. The van der Waals surface area contributed by atoms with Gasteiger partial charge in [0.1, 0.15) is 12.1 Å². The summed E-state index contributed by atoms with van der Waals surface area (Å²) >= 11 is 0. The van der Waals surface area contributed by atoms with Crippen molar-refractivity contribution in [3.8, 4) is 0 Å². The van der Waals surface area contributed by atoms with Crippen molar-refractivity contribution in [3.63, 3.8) is 0 Å². The molecule has 1 saturated carbocycles. The predicted molar refractivity (Wildman–Crippen MR) is 96.8 cm³/mol. The number of hydrogen-bond acceptors (Lipinski definition) is 4. The number of hydrogen-bond donors (Lipinski definition) is 1. The van der Waals surface area contributed by atoms with Crippen LogP contribution in [0.15, 0.2) is 30.6 Å². The fraction of sp³-hybridized carbons (Fsp3) is 0.526. The van der Waals surface area contributed by atoms with Crippen molar-refractivity contribution in [2.75, 3.05) is 13.6 Å². The second kappa shape index (κ2) is 8.40. The molecule has 0 radical (unpaired) electrons. The maximum absolute atomic E-state index is 13.0. The Hall–Kier alpha value is -2.28. The quantitative estimate of drug-likeness (QED) is 0.826. The highest BCUT2D eigenvalue weighted by atomic mass is 19.1. The first-order valence-electron chi connectivity index (χ1n) is 9.14. The number of amides is 1. The fourth-order valence-corrected chi connectivity index (χ4v) is 3.58. The number of nitrogens with one attached hydrogen (secondary N) is 1. The molecule has 2 aromatic rings. The third-order valence-corrected chi connectivity index (χ3v) is 4.86. The number of rotatable bonds is 7. The normalized spacial score (nSPS) is 16.2. The monoisotopic (exact) mass is 359 g/mol. The molecule has 0 saturated heterocycles. The van der Waals surface area contributed by atoms with Gasteiger partial charge in [-0.15, -0.1) is 10.2 Å². The third-order valence-electron chi connectivity index (χ3n) is 4.86. The highest BCUT2D eigenvalue weighted by Crippen LogP contribution is 2.31. The summed E-state index contributed by atoms with van der Waals surface area (Å²) in [6.45, 7) is 2.78. The van der Waals surface area contributed by atoms with Gasteiger partial charge in [0.2, 0.25) is 5.91 Å². The van der Waals surface area contributed by atoms with Gasteiger partial charge in [0.15, 0.2) is 5.82 Å². The van der Waals surface area contributed by atoms with Gasteiger partial charge in [0.05, 0.1) is 12.6 Å². The molecule has 1 atom stereocenters. The van der Waals surface area contributed by atoms with Crippen LogP contribution in [0.25, 0.3) is 0 Å². The van der Waals surface area contributed by atoms with E-state index in [2.05, 4.69) is 20.1 Å². The average Bonchev–Trinajstić information content (AvgIpc) is 3.27. The maximum Gasteiger partial charge on any atom is 0.234 e. The summed E-state index contributed by atoms with van der Waals surface area (Å²) in [6, 6.07) is 6.58. The molecule has 1 aromatic heterocycles. The number of carbonyl (C=O) groups excluding carboxylic acids is 1. The zero-order valence-electron chi connectivity index (χ0n) is 15.4. The van der Waals surface area contributed by atoms with Crippen molar-refractivity contribution in [2.45, 2.75) is 51.2 Å². The molecule has 0 aliphatic heterocycles. The van der Waals surface area contributed by atoms with Gasteiger partial charge in [-0.3, -0.25) is 9.69 Å². The lowest BCUT2D eigenvalue weighted by Crippen LogP contribution is -2.37. The molecule has 1 fully saturated rings. The number of carbonyl (C=O) groups is 1. The van der Waals surface area contributed by atoms with Gasteiger partial charge in [0.25, 0.3) is 0 Å². The number of benzene rings is 1. The number of likely N-dealkylation sites (N-methyl/N-ethyl adjacent to an activating group) is 1. The van der Waals surface area contributed by atoms with E-state index in [-0.39, 0.29) is 24.3 Å². The van der Waals surface area contributed by atoms with Crippen LogP contribution in [0.3, 0.4) is 0 Å². The van der Waals surface area contributed by atoms with E-state index >= 15 is 0 Å². The number of halogens is 1. The molecule has 1 amide bonds. The summed E-state index contributed by atoms with van der Waals surface area (Å²) in [4.78, 5) is 14.3. The first kappa shape index (κ1) is 18.5. The minimum atomic E-state index is -0.255. The smallest absolute Gasteiger partial charge is 0.234 e. The van der Waals surface area contributed by atoms with Crippen molar-refractivity contribution in [1.29, 1.82) is 0 Å². The topological polar surface area (TPSA) is 63.1 Å². The zero-order valence-corrected chi connectivity index (χ0v) is 15.4. The van der Waals surface area contributed by atoms with Crippen LogP contribution in [0.1, 0.15) is 56.1 Å². The van der Waals surface area contributed by atoms with Crippen LogP contribution in [0.5, 0.6) is 0 Å². The Balaban J connectivity index is 1.52. The molecule has 3 rings (SSSR count). The molecule has 1 aliphatic carbocycles. The summed E-state index contributed by atoms with van der Waals surface area (Å²) in [7, 11) is 1.87. The zero-order chi connectivity index (χ0) is 18.5. The molecule has 1 aliphatic rings. The second-order valence-electron chi connectivity index (χ2n) is 7.12. The molecule has 140 valence electrons. The van der Waals surface area contributed by atoms with Gasteiger partial charge >= 0.3 is 0 Å². The van der Waals surface area contributed by atoms with E-state index in [1.807, 2.05) is 18.9 Å². The molecule has 6 nitrogen and oxygen atoms in total. The van der Waals surface area contributed by atoms with Gasteiger partial charge in [0, 0.05) is 12.6 Å². The van der Waals surface area contributed by atoms with Crippen LogP contribution < -0.4 is 5.32 Å². The standard InChI is InChI=1S/C19H26FN5O/c1-14(19-23-21-13-25(19)17-5-3-4-6-17)22-18(26)12-24(2)11-15-7-9-16(20)10-8-15/h7-10,13-14,17H,3-6,11-12H2,1-2H3,(H,22,26). The Labute approximate surface area is 153 Å². The summed E-state index contributed by atoms with van der Waals surface area (Å²) in [5.41, 5.74) is 0.968. The second-order valence-corrected chi connectivity index (χ2v) is 7.12. The molecule has 1 unspecified atom stereocenters. The molecule has 1 aromatic carbocycles. The molecule has 7 heteroatoms. The highest BCUT2D eigenvalue weighted by Gasteiger charge is 2.23. The largest absolute Gasteiger partial charge is 0.345 e. The van der Waals surface area contributed by atoms with E-state index in [1.165, 1.54) is 25.0 Å². The molecular formula is C19H26FN5O. The summed E-state index contributed by atoms with van der Waals surface area (Å²) in [6.07, 6.45) is 6.53. The Kier molecular flexibility index (Phi) is 5.98. The van der Waals surface area contributed by atoms with Crippen molar-refractivity contribution >= 4 is 5.91 Å². The molecule has 1 heterocycles. The Bertz CT molecular complexity index is 724. The number of nitrogens with zero attached hydrogens (tertiary/aromatic N) is 4. The molecule has 1 N–H and O–H groups in total. The lowest BCUT2D eigenvalue weighted by molar-refractivity contribution is -0.122. The van der Waals surface area contributed by atoms with Crippen molar-refractivity contribution < 1.29 is 9.18 Å². The van der Waals surface area contributed by atoms with Crippen LogP contribution >= 0.6 is 0 Å². The van der Waals surface area contributed by atoms with E-state index in [1.54, 1.807) is 18.5 Å². The summed E-state index contributed by atoms with van der Waals surface area (Å²) in [5.74, 6) is 0.490. The first-order chi connectivity index (χ1) is 12.5. The van der Waals surface area contributed by atoms with Crippen LogP contribution in [-0.4, -0.2) is 39.2 Å². The minimum absolute atomic E-state index is 0.0666. The SMILES string of the molecule is CC(NC(=O)CN(C)Cc1ccc(F)cc1)c1nncn1C1CCCC1. The van der Waals surface area contributed by atoms with E-state index in [0.29, 0.717) is 12.6 Å². The van der Waals surface area contributed by atoms with E-state index in [4.69, 9.17) is 0 Å². The van der Waals surface area contributed by atoms with Crippen LogP contribution in [0, 0.1) is 5.82 Å². The van der Waals surface area contributed by atoms with Gasteiger partial charge in [-0.1, -0.05) is 25.0 Å². The molecule has 0 spiro atoms. The van der Waals surface area contributed by atoms with E-state index < -0.39 is 0 Å². The Morgan fingerprint density at radius 2 is 2.04 bits per heavy atom. The van der Waals surface area contributed by atoms with Crippen molar-refractivity contribution in [2.24, 2.45) is 0 Å². The fourth-order valence-electron chi connectivity index (χ4n) is 3.58. The lowest BCUT2D eigenvalue weighted by Gasteiger charge is -2.21. The summed E-state index contributed by atoms with van der Waals surface area (Å²) < 4.78 is 15.1. The first-order valence-corrected chi connectivity index (χ1v) is 9.14. The maximum atomic E-state index is 13.0. The van der Waals surface area contributed by atoms with Gasteiger partial charge < -0.3 is 9.88 Å². The van der Waals surface area contributed by atoms with Crippen LogP contribution in [-0.2, 0) is 11.3 Å². The Morgan fingerprint density at radius 1 is 1.35 bits per heavy atom. The van der Waals surface area contributed by atoms with Gasteiger partial charge in [-0.25, -0.2) is 4.39 Å². The average molecular weight is 359 g/mol. The third kappa shape index (κ3) is 4.66. The Morgan fingerprint density at radius 3 is 2.73 bits per heavy atom. The predicted octanol–water partition coefficient (Wildman–Crippen LogP) is 2.84. The van der Waals surface area contributed by atoms with Gasteiger partial charge in [-0.05, 0) is 44.5 Å². The molecule has 26 heavy (non-hydrogen) atoms. The van der Waals surface area contributed by atoms with Gasteiger partial charge in [-0.2, -0.15) is 0 Å². The van der Waals surface area contributed by atoms with Crippen LogP contribution in [0.2, 0.25) is 0 Å². The lowest BCUT2D eigenvalue weighted by atomic mass is 10.2. The van der Waals surface area contributed by atoms with E-state index in [0.717, 1.165) is 24.2 Å². The van der Waals surface area contributed by atoms with Crippen molar-refractivity contribution in [3.05, 3.63) is 47.8 Å². The van der Waals surface area contributed by atoms with Crippen molar-refractivity contribution in [1.82, 2.24) is 25.0 Å². The molecular weight excluding hydrogens is 333 g/mol. The summed E-state index contributed by atoms with van der Waals surface area (Å²) in [5, 5.41) is 11.3. The van der Waals surface area contributed by atoms with E-state index in [9.17, 15) is 9.18 Å².